The molecule has 5 heteroatoms. The van der Waals surface area contributed by atoms with Gasteiger partial charge in [0.15, 0.2) is 0 Å². The van der Waals surface area contributed by atoms with E-state index < -0.39 is 11.8 Å². The zero-order valence-electron chi connectivity index (χ0n) is 12.5. The van der Waals surface area contributed by atoms with E-state index in [1.807, 2.05) is 0 Å². The summed E-state index contributed by atoms with van der Waals surface area (Å²) >= 11 is 0. The lowest BCUT2D eigenvalue weighted by Crippen LogP contribution is -2.33. The Morgan fingerprint density at radius 1 is 1.25 bits per heavy atom. The standard InChI is InChI=1S/C15H26N2O3/c1-4-5-9-13(18)17-10-7-6-8-12(15(16)20)14(19)11(2)3/h4,11-12H,1,5-10H2,2-3H3,(H2,16,20)(H,17,18). The zero-order valence-corrected chi connectivity index (χ0v) is 12.5. The molecule has 0 aliphatic rings. The summed E-state index contributed by atoms with van der Waals surface area (Å²) < 4.78 is 0. The highest BCUT2D eigenvalue weighted by Crippen LogP contribution is 2.14. The topological polar surface area (TPSA) is 89.3 Å². The lowest BCUT2D eigenvalue weighted by Gasteiger charge is -2.14. The molecule has 2 amide bonds. The number of hydrogen-bond donors (Lipinski definition) is 2. The number of Topliss-reactive ketones (excluding diaryl/α,β-unsaturated/α-hetero) is 1. The van der Waals surface area contributed by atoms with Gasteiger partial charge in [-0.2, -0.15) is 0 Å². The molecule has 3 N–H and O–H groups in total. The Balaban J connectivity index is 3.91. The van der Waals surface area contributed by atoms with Crippen molar-refractivity contribution in [2.45, 2.75) is 46.0 Å². The molecule has 0 saturated carbocycles. The van der Waals surface area contributed by atoms with Gasteiger partial charge >= 0.3 is 0 Å². The van der Waals surface area contributed by atoms with E-state index in [1.165, 1.54) is 0 Å². The normalized spacial score (nSPS) is 11.9. The second-order valence-electron chi connectivity index (χ2n) is 5.19. The van der Waals surface area contributed by atoms with Crippen molar-refractivity contribution in [1.29, 1.82) is 0 Å². The molecule has 1 unspecified atom stereocenters. The molecule has 0 aliphatic heterocycles. The summed E-state index contributed by atoms with van der Waals surface area (Å²) in [5.41, 5.74) is 5.25. The Kier molecular flexibility index (Phi) is 9.34. The van der Waals surface area contributed by atoms with Crippen LogP contribution in [0.1, 0.15) is 46.0 Å². The van der Waals surface area contributed by atoms with Crippen LogP contribution in [0.5, 0.6) is 0 Å². The van der Waals surface area contributed by atoms with Crippen LogP contribution in [0.25, 0.3) is 0 Å². The van der Waals surface area contributed by atoms with Crippen molar-refractivity contribution in [3.63, 3.8) is 0 Å². The SMILES string of the molecule is C=CCCC(=O)NCCCCC(C(N)=O)C(=O)C(C)C. The van der Waals surface area contributed by atoms with Crippen LogP contribution < -0.4 is 11.1 Å². The predicted octanol–water partition coefficient (Wildman–Crippen LogP) is 1.57. The fourth-order valence-corrected chi connectivity index (χ4v) is 1.85. The van der Waals surface area contributed by atoms with Gasteiger partial charge in [0.2, 0.25) is 11.8 Å². The van der Waals surface area contributed by atoms with Crippen LogP contribution in [-0.2, 0) is 14.4 Å². The van der Waals surface area contributed by atoms with Crippen LogP contribution in [0.4, 0.5) is 0 Å². The van der Waals surface area contributed by atoms with E-state index in [2.05, 4.69) is 11.9 Å². The number of rotatable bonds is 11. The average molecular weight is 282 g/mol. The second kappa shape index (κ2) is 10.2. The summed E-state index contributed by atoms with van der Waals surface area (Å²) in [6.45, 7) is 7.63. The van der Waals surface area contributed by atoms with Crippen molar-refractivity contribution < 1.29 is 14.4 Å². The van der Waals surface area contributed by atoms with Crippen molar-refractivity contribution in [3.8, 4) is 0 Å². The molecule has 20 heavy (non-hydrogen) atoms. The molecular formula is C15H26N2O3. The van der Waals surface area contributed by atoms with Crippen LogP contribution in [0.15, 0.2) is 12.7 Å². The molecule has 0 aromatic rings. The van der Waals surface area contributed by atoms with Gasteiger partial charge in [0.25, 0.3) is 0 Å². The van der Waals surface area contributed by atoms with Gasteiger partial charge < -0.3 is 11.1 Å². The number of carbonyl (C=O) groups excluding carboxylic acids is 3. The van der Waals surface area contributed by atoms with E-state index in [4.69, 9.17) is 5.73 Å². The monoisotopic (exact) mass is 282 g/mol. The minimum atomic E-state index is -0.702. The van der Waals surface area contributed by atoms with Gasteiger partial charge in [-0.15, -0.1) is 6.58 Å². The maximum Gasteiger partial charge on any atom is 0.228 e. The molecule has 0 radical (unpaired) electrons. The fraction of sp³-hybridized carbons (Fsp3) is 0.667. The van der Waals surface area contributed by atoms with Gasteiger partial charge in [-0.3, -0.25) is 14.4 Å². The van der Waals surface area contributed by atoms with Crippen molar-refractivity contribution in [2.75, 3.05) is 6.54 Å². The molecule has 0 aliphatic carbocycles. The summed E-state index contributed by atoms with van der Waals surface area (Å²) in [4.78, 5) is 34.4. The third-order valence-corrected chi connectivity index (χ3v) is 3.07. The Labute approximate surface area is 121 Å². The number of carbonyl (C=O) groups is 3. The maximum absolute atomic E-state index is 11.8. The van der Waals surface area contributed by atoms with Gasteiger partial charge in [0.1, 0.15) is 5.78 Å². The van der Waals surface area contributed by atoms with Crippen LogP contribution in [-0.4, -0.2) is 24.1 Å². The highest BCUT2D eigenvalue weighted by Gasteiger charge is 2.25. The molecule has 0 fully saturated rings. The molecular weight excluding hydrogens is 256 g/mol. The van der Waals surface area contributed by atoms with Gasteiger partial charge in [-0.1, -0.05) is 26.3 Å². The van der Waals surface area contributed by atoms with Gasteiger partial charge in [-0.25, -0.2) is 0 Å². The van der Waals surface area contributed by atoms with Crippen LogP contribution >= 0.6 is 0 Å². The van der Waals surface area contributed by atoms with E-state index in [-0.39, 0.29) is 17.6 Å². The molecule has 0 aromatic heterocycles. The summed E-state index contributed by atoms with van der Waals surface area (Å²) in [5, 5.41) is 2.78. The van der Waals surface area contributed by atoms with Gasteiger partial charge in [-0.05, 0) is 19.3 Å². The fourth-order valence-electron chi connectivity index (χ4n) is 1.85. The van der Waals surface area contributed by atoms with Crippen molar-refractivity contribution in [2.24, 2.45) is 17.6 Å². The summed E-state index contributed by atoms with van der Waals surface area (Å²) in [6.07, 6.45) is 4.68. The summed E-state index contributed by atoms with van der Waals surface area (Å²) in [7, 11) is 0. The minimum Gasteiger partial charge on any atom is -0.369 e. The van der Waals surface area contributed by atoms with Gasteiger partial charge in [0.05, 0.1) is 5.92 Å². The molecule has 0 rings (SSSR count). The molecule has 114 valence electrons. The van der Waals surface area contributed by atoms with Crippen LogP contribution in [0.3, 0.4) is 0 Å². The summed E-state index contributed by atoms with van der Waals surface area (Å²) in [6, 6.07) is 0. The van der Waals surface area contributed by atoms with E-state index in [0.717, 1.165) is 6.42 Å². The third kappa shape index (κ3) is 7.71. The number of allylic oxidation sites excluding steroid dienone is 1. The van der Waals surface area contributed by atoms with Crippen molar-refractivity contribution >= 4 is 17.6 Å². The minimum absolute atomic E-state index is 0.00499. The number of ketones is 1. The van der Waals surface area contributed by atoms with Gasteiger partial charge in [0, 0.05) is 18.9 Å². The molecule has 1 atom stereocenters. The van der Waals surface area contributed by atoms with E-state index in [1.54, 1.807) is 19.9 Å². The first-order valence-corrected chi connectivity index (χ1v) is 7.10. The Hall–Kier alpha value is -1.65. The van der Waals surface area contributed by atoms with E-state index in [9.17, 15) is 14.4 Å². The number of primary amides is 1. The second-order valence-corrected chi connectivity index (χ2v) is 5.19. The van der Waals surface area contributed by atoms with E-state index in [0.29, 0.717) is 32.2 Å². The first kappa shape index (κ1) is 18.4. The molecule has 0 saturated heterocycles. The molecule has 0 spiro atoms. The number of nitrogens with two attached hydrogens (primary N) is 1. The highest BCUT2D eigenvalue weighted by molar-refractivity contribution is 6.01. The number of unbranched alkanes of at least 4 members (excludes halogenated alkanes) is 1. The number of hydrogen-bond acceptors (Lipinski definition) is 3. The molecule has 5 nitrogen and oxygen atoms in total. The third-order valence-electron chi connectivity index (χ3n) is 3.07. The van der Waals surface area contributed by atoms with Crippen LogP contribution in [0, 0.1) is 11.8 Å². The number of amides is 2. The largest absolute Gasteiger partial charge is 0.369 e. The zero-order chi connectivity index (χ0) is 15.5. The van der Waals surface area contributed by atoms with E-state index >= 15 is 0 Å². The first-order chi connectivity index (χ1) is 9.40. The molecule has 0 heterocycles. The van der Waals surface area contributed by atoms with Crippen molar-refractivity contribution in [3.05, 3.63) is 12.7 Å². The lowest BCUT2D eigenvalue weighted by molar-refractivity contribution is -0.134. The number of nitrogens with one attached hydrogen (secondary N) is 1. The maximum atomic E-state index is 11.8. The van der Waals surface area contributed by atoms with Crippen LogP contribution in [0.2, 0.25) is 0 Å². The molecule has 0 aromatic carbocycles. The Morgan fingerprint density at radius 3 is 2.40 bits per heavy atom. The predicted molar refractivity (Wildman–Crippen MR) is 78.8 cm³/mol. The van der Waals surface area contributed by atoms with Crippen molar-refractivity contribution in [1.82, 2.24) is 5.32 Å². The Morgan fingerprint density at radius 2 is 1.90 bits per heavy atom. The summed E-state index contributed by atoms with van der Waals surface area (Å²) in [5.74, 6) is -1.56. The molecule has 0 bridgehead atoms. The average Bonchev–Trinajstić information content (AvgIpc) is 2.39. The lowest BCUT2D eigenvalue weighted by atomic mass is 9.90. The highest BCUT2D eigenvalue weighted by atomic mass is 16.2. The first-order valence-electron chi connectivity index (χ1n) is 7.10. The Bertz CT molecular complexity index is 351. The quantitative estimate of drug-likeness (QED) is 0.342. The smallest absolute Gasteiger partial charge is 0.228 e.